The van der Waals surface area contributed by atoms with Crippen molar-refractivity contribution >= 4 is 23.3 Å². The summed E-state index contributed by atoms with van der Waals surface area (Å²) in [4.78, 5) is 20.2. The first kappa shape index (κ1) is 21.9. The molecule has 1 amide bonds. The average Bonchev–Trinajstić information content (AvgIpc) is 3.23. The third kappa shape index (κ3) is 5.20. The Balaban J connectivity index is 1.78. The zero-order valence-electron chi connectivity index (χ0n) is 17.4. The fourth-order valence-electron chi connectivity index (χ4n) is 3.14. The van der Waals surface area contributed by atoms with Crippen molar-refractivity contribution in [2.45, 2.75) is 39.3 Å². The van der Waals surface area contributed by atoms with Crippen LogP contribution in [-0.2, 0) is 0 Å². The quantitative estimate of drug-likeness (QED) is 0.419. The number of aromatic nitrogens is 2. The number of benzene rings is 1. The Labute approximate surface area is 181 Å². The lowest BCUT2D eigenvalue weighted by Gasteiger charge is -2.16. The van der Waals surface area contributed by atoms with E-state index in [4.69, 9.17) is 11.6 Å². The van der Waals surface area contributed by atoms with Crippen LogP contribution in [0, 0.1) is 6.92 Å². The molecule has 2 aromatic heterocycles. The lowest BCUT2D eigenvalue weighted by molar-refractivity contribution is 0.0912. The summed E-state index contributed by atoms with van der Waals surface area (Å²) in [6, 6.07) is 10.7. The van der Waals surface area contributed by atoms with Crippen molar-refractivity contribution in [2.24, 2.45) is 0 Å². The van der Waals surface area contributed by atoms with Gasteiger partial charge < -0.3 is 20.7 Å². The molecular formula is C23H27ClN4O2. The van der Waals surface area contributed by atoms with E-state index in [1.165, 1.54) is 0 Å². The zero-order chi connectivity index (χ0) is 21.7. The van der Waals surface area contributed by atoms with Crippen LogP contribution in [-0.4, -0.2) is 33.6 Å². The van der Waals surface area contributed by atoms with Crippen molar-refractivity contribution in [3.8, 4) is 11.1 Å². The third-order valence-electron chi connectivity index (χ3n) is 5.09. The zero-order valence-corrected chi connectivity index (χ0v) is 18.1. The van der Waals surface area contributed by atoms with E-state index < -0.39 is 6.04 Å². The number of carbonyl (C=O) groups excluding carboxylic acids is 1. The summed E-state index contributed by atoms with van der Waals surface area (Å²) < 4.78 is 0. The molecule has 0 spiro atoms. The lowest BCUT2D eigenvalue weighted by Crippen LogP contribution is -2.31. The molecule has 158 valence electrons. The Hall–Kier alpha value is -2.83. The molecule has 1 unspecified atom stereocenters. The van der Waals surface area contributed by atoms with Gasteiger partial charge >= 0.3 is 0 Å². The van der Waals surface area contributed by atoms with Crippen molar-refractivity contribution in [3.05, 3.63) is 70.6 Å². The van der Waals surface area contributed by atoms with E-state index in [0.717, 1.165) is 34.5 Å². The summed E-state index contributed by atoms with van der Waals surface area (Å²) in [5.41, 5.74) is 4.08. The minimum atomic E-state index is -0.544. The second-order valence-corrected chi connectivity index (χ2v) is 7.84. The number of halogens is 1. The Bertz CT molecular complexity index is 1020. The van der Waals surface area contributed by atoms with Crippen LogP contribution < -0.4 is 10.6 Å². The fraction of sp³-hybridized carbons (Fsp3) is 0.304. The second-order valence-electron chi connectivity index (χ2n) is 7.40. The van der Waals surface area contributed by atoms with E-state index >= 15 is 0 Å². The minimum Gasteiger partial charge on any atom is -0.394 e. The van der Waals surface area contributed by atoms with Gasteiger partial charge in [0.1, 0.15) is 11.5 Å². The number of pyridine rings is 1. The van der Waals surface area contributed by atoms with Crippen LogP contribution in [0.3, 0.4) is 0 Å². The van der Waals surface area contributed by atoms with Crippen LogP contribution in [0.15, 0.2) is 48.8 Å². The van der Waals surface area contributed by atoms with Gasteiger partial charge in [-0.15, -0.1) is 0 Å². The first-order chi connectivity index (χ1) is 14.4. The maximum absolute atomic E-state index is 12.7. The van der Waals surface area contributed by atoms with Gasteiger partial charge in [-0.3, -0.25) is 4.79 Å². The first-order valence-electron chi connectivity index (χ1n) is 10.0. The van der Waals surface area contributed by atoms with Gasteiger partial charge in [-0.05, 0) is 61.2 Å². The maximum atomic E-state index is 12.7. The molecule has 3 rings (SSSR count). The summed E-state index contributed by atoms with van der Waals surface area (Å²) in [7, 11) is 0. The van der Waals surface area contributed by atoms with Crippen molar-refractivity contribution in [1.29, 1.82) is 0 Å². The van der Waals surface area contributed by atoms with E-state index in [0.29, 0.717) is 16.8 Å². The standard InChI is InChI=1S/C23H27ClN4O2/c1-4-15(3)27-22-10-19(14(2)11-26-22)17-9-20(25-12-17)23(30)28-21(13-29)16-6-5-7-18(24)8-16/h5-12,15,21,25,29H,4,13H2,1-3H3,(H,26,27)(H,28,30)/t15?,21-/m1/s1. The molecule has 3 aromatic rings. The van der Waals surface area contributed by atoms with Crippen molar-refractivity contribution in [3.63, 3.8) is 0 Å². The van der Waals surface area contributed by atoms with Gasteiger partial charge in [0, 0.05) is 29.0 Å². The Morgan fingerprint density at radius 1 is 1.30 bits per heavy atom. The van der Waals surface area contributed by atoms with Gasteiger partial charge in [0.15, 0.2) is 0 Å². The molecule has 0 aliphatic carbocycles. The molecule has 2 atom stereocenters. The lowest BCUT2D eigenvalue weighted by atomic mass is 10.0. The monoisotopic (exact) mass is 426 g/mol. The van der Waals surface area contributed by atoms with E-state index in [1.807, 2.05) is 25.3 Å². The summed E-state index contributed by atoms with van der Waals surface area (Å²) in [6.07, 6.45) is 4.63. The smallest absolute Gasteiger partial charge is 0.268 e. The molecule has 0 fully saturated rings. The van der Waals surface area contributed by atoms with E-state index in [2.05, 4.69) is 34.4 Å². The molecule has 0 aliphatic rings. The number of nitrogens with one attached hydrogen (secondary N) is 3. The molecule has 6 nitrogen and oxygen atoms in total. The summed E-state index contributed by atoms with van der Waals surface area (Å²) in [5, 5.41) is 16.5. The summed E-state index contributed by atoms with van der Waals surface area (Å²) in [6.45, 7) is 5.99. The fourth-order valence-corrected chi connectivity index (χ4v) is 3.34. The van der Waals surface area contributed by atoms with Gasteiger partial charge in [-0.25, -0.2) is 4.98 Å². The number of nitrogens with zero attached hydrogens (tertiary/aromatic N) is 1. The molecule has 4 N–H and O–H groups in total. The molecule has 2 heterocycles. The largest absolute Gasteiger partial charge is 0.394 e. The minimum absolute atomic E-state index is 0.228. The SMILES string of the molecule is CCC(C)Nc1cc(-c2c[nH]c(C(=O)N[C@H](CO)c3cccc(Cl)c3)c2)c(C)cn1. The van der Waals surface area contributed by atoms with Gasteiger partial charge in [-0.2, -0.15) is 0 Å². The number of anilines is 1. The molecule has 1 aromatic carbocycles. The number of amides is 1. The number of aromatic amines is 1. The van der Waals surface area contributed by atoms with Crippen LogP contribution in [0.2, 0.25) is 5.02 Å². The van der Waals surface area contributed by atoms with E-state index in [-0.39, 0.29) is 12.5 Å². The Morgan fingerprint density at radius 3 is 2.80 bits per heavy atom. The van der Waals surface area contributed by atoms with Crippen molar-refractivity contribution in [1.82, 2.24) is 15.3 Å². The number of aliphatic hydroxyl groups excluding tert-OH is 1. The molecule has 7 heteroatoms. The van der Waals surface area contributed by atoms with Crippen LogP contribution in [0.5, 0.6) is 0 Å². The summed E-state index contributed by atoms with van der Waals surface area (Å²) >= 11 is 6.03. The number of H-pyrrole nitrogens is 1. The van der Waals surface area contributed by atoms with Crippen LogP contribution in [0.25, 0.3) is 11.1 Å². The number of carbonyl (C=O) groups is 1. The normalized spacial score (nSPS) is 13.0. The van der Waals surface area contributed by atoms with Gasteiger partial charge in [0.2, 0.25) is 0 Å². The first-order valence-corrected chi connectivity index (χ1v) is 10.4. The number of aryl methyl sites for hydroxylation is 1. The van der Waals surface area contributed by atoms with Gasteiger partial charge in [0.05, 0.1) is 12.6 Å². The summed E-state index contributed by atoms with van der Waals surface area (Å²) in [5.74, 6) is 0.503. The molecular weight excluding hydrogens is 400 g/mol. The van der Waals surface area contributed by atoms with Crippen molar-refractivity contribution in [2.75, 3.05) is 11.9 Å². The maximum Gasteiger partial charge on any atom is 0.268 e. The predicted octanol–water partition coefficient (Wildman–Crippen LogP) is 4.71. The van der Waals surface area contributed by atoms with E-state index in [1.54, 1.807) is 30.5 Å². The Morgan fingerprint density at radius 2 is 2.10 bits per heavy atom. The van der Waals surface area contributed by atoms with Crippen LogP contribution >= 0.6 is 11.6 Å². The van der Waals surface area contributed by atoms with Crippen LogP contribution in [0.1, 0.15) is 47.9 Å². The molecule has 0 bridgehead atoms. The number of hydrogen-bond acceptors (Lipinski definition) is 4. The molecule has 30 heavy (non-hydrogen) atoms. The average molecular weight is 427 g/mol. The number of hydrogen-bond donors (Lipinski definition) is 4. The molecule has 0 saturated carbocycles. The topological polar surface area (TPSA) is 90.0 Å². The van der Waals surface area contributed by atoms with Crippen molar-refractivity contribution < 1.29 is 9.90 Å². The van der Waals surface area contributed by atoms with E-state index in [9.17, 15) is 9.90 Å². The van der Waals surface area contributed by atoms with Gasteiger partial charge in [-0.1, -0.05) is 30.7 Å². The number of aliphatic hydroxyl groups is 1. The highest BCUT2D eigenvalue weighted by Crippen LogP contribution is 2.27. The predicted molar refractivity (Wildman–Crippen MR) is 121 cm³/mol. The third-order valence-corrected chi connectivity index (χ3v) is 5.32. The molecule has 0 radical (unpaired) electrons. The highest BCUT2D eigenvalue weighted by molar-refractivity contribution is 6.30. The highest BCUT2D eigenvalue weighted by Gasteiger charge is 2.17. The number of rotatable bonds is 8. The highest BCUT2D eigenvalue weighted by atomic mass is 35.5. The van der Waals surface area contributed by atoms with Gasteiger partial charge in [0.25, 0.3) is 5.91 Å². The second kappa shape index (κ2) is 9.78. The Kier molecular flexibility index (Phi) is 7.13. The molecule has 0 aliphatic heterocycles. The van der Waals surface area contributed by atoms with Crippen LogP contribution in [0.4, 0.5) is 5.82 Å². The molecule has 0 saturated heterocycles.